The summed E-state index contributed by atoms with van der Waals surface area (Å²) in [6.07, 6.45) is 8.14. The van der Waals surface area contributed by atoms with E-state index in [4.69, 9.17) is 0 Å². The van der Waals surface area contributed by atoms with Crippen LogP contribution >= 0.6 is 0 Å². The van der Waals surface area contributed by atoms with Gasteiger partial charge in [-0.05, 0) is 51.0 Å². The van der Waals surface area contributed by atoms with Crippen LogP contribution in [0.3, 0.4) is 0 Å². The van der Waals surface area contributed by atoms with E-state index in [-0.39, 0.29) is 11.5 Å². The predicted octanol–water partition coefficient (Wildman–Crippen LogP) is 4.72. The maximum absolute atomic E-state index is 9.77. The van der Waals surface area contributed by atoms with Gasteiger partial charge in [0, 0.05) is 5.41 Å². The van der Waals surface area contributed by atoms with E-state index in [2.05, 4.69) is 46.8 Å². The zero-order chi connectivity index (χ0) is 13.9. The molecule has 0 aromatic rings. The summed E-state index contributed by atoms with van der Waals surface area (Å²) in [6.45, 7) is 12.8. The number of aliphatic hydroxyl groups is 1. The van der Waals surface area contributed by atoms with Gasteiger partial charge in [0.2, 0.25) is 0 Å². The average molecular weight is 250 g/mol. The van der Waals surface area contributed by atoms with E-state index in [1.54, 1.807) is 0 Å². The molecule has 0 saturated heterocycles. The molecule has 1 heteroatoms. The van der Waals surface area contributed by atoms with Gasteiger partial charge in [-0.2, -0.15) is 0 Å². The fourth-order valence-corrected chi connectivity index (χ4v) is 2.64. The standard InChI is InChI=1S/C17H30O/c1-12(2)16(15-8-7-13(3)11-15)9-10-17(5,6)14(4)18/h9-10,13-15,18H,7-8,11H2,1-6H3. The first-order valence-electron chi connectivity index (χ1n) is 7.28. The van der Waals surface area contributed by atoms with Crippen molar-refractivity contribution in [1.29, 1.82) is 0 Å². The van der Waals surface area contributed by atoms with E-state index in [9.17, 15) is 5.11 Å². The zero-order valence-electron chi connectivity index (χ0n) is 13.0. The van der Waals surface area contributed by atoms with E-state index < -0.39 is 0 Å². The molecule has 1 nitrogen and oxygen atoms in total. The van der Waals surface area contributed by atoms with Crippen LogP contribution in [0.2, 0.25) is 0 Å². The Morgan fingerprint density at radius 2 is 1.89 bits per heavy atom. The monoisotopic (exact) mass is 250 g/mol. The van der Waals surface area contributed by atoms with Crippen LogP contribution in [0.1, 0.15) is 60.8 Å². The van der Waals surface area contributed by atoms with Crippen molar-refractivity contribution >= 4 is 0 Å². The molecule has 3 unspecified atom stereocenters. The number of hydrogen-bond donors (Lipinski definition) is 1. The van der Waals surface area contributed by atoms with Gasteiger partial charge in [-0.25, -0.2) is 0 Å². The van der Waals surface area contributed by atoms with Crippen LogP contribution in [0.25, 0.3) is 0 Å². The van der Waals surface area contributed by atoms with Crippen molar-refractivity contribution in [3.63, 3.8) is 0 Å². The molecule has 3 atom stereocenters. The van der Waals surface area contributed by atoms with Crippen molar-refractivity contribution in [1.82, 2.24) is 0 Å². The molecule has 0 aliphatic heterocycles. The van der Waals surface area contributed by atoms with Gasteiger partial charge in [0.25, 0.3) is 0 Å². The van der Waals surface area contributed by atoms with Crippen LogP contribution in [0.4, 0.5) is 0 Å². The van der Waals surface area contributed by atoms with Gasteiger partial charge in [0.1, 0.15) is 0 Å². The Kier molecular flexibility index (Phi) is 5.21. The van der Waals surface area contributed by atoms with Gasteiger partial charge in [-0.3, -0.25) is 0 Å². The Bertz CT molecular complexity index is 330. The summed E-state index contributed by atoms with van der Waals surface area (Å²) < 4.78 is 0. The predicted molar refractivity (Wildman–Crippen MR) is 79.5 cm³/mol. The number of aliphatic hydroxyl groups excluding tert-OH is 1. The summed E-state index contributed by atoms with van der Waals surface area (Å²) in [5, 5.41) is 9.77. The lowest BCUT2D eigenvalue weighted by atomic mass is 9.84. The summed E-state index contributed by atoms with van der Waals surface area (Å²) in [5.74, 6) is 1.59. The molecule has 1 fully saturated rings. The normalized spacial score (nSPS) is 26.6. The number of hydrogen-bond acceptors (Lipinski definition) is 1. The molecule has 1 saturated carbocycles. The highest BCUT2D eigenvalue weighted by atomic mass is 16.3. The van der Waals surface area contributed by atoms with Crippen molar-refractivity contribution in [2.45, 2.75) is 66.9 Å². The minimum absolute atomic E-state index is 0.148. The van der Waals surface area contributed by atoms with Crippen molar-refractivity contribution in [3.8, 4) is 0 Å². The number of allylic oxidation sites excluding steroid dienone is 3. The molecule has 0 amide bonds. The minimum Gasteiger partial charge on any atom is -0.393 e. The quantitative estimate of drug-likeness (QED) is 0.716. The van der Waals surface area contributed by atoms with E-state index in [1.165, 1.54) is 30.4 Å². The number of rotatable bonds is 4. The van der Waals surface area contributed by atoms with Crippen LogP contribution in [0.15, 0.2) is 23.3 Å². The van der Waals surface area contributed by atoms with E-state index >= 15 is 0 Å². The maximum Gasteiger partial charge on any atom is 0.0597 e. The molecule has 1 aliphatic rings. The lowest BCUT2D eigenvalue weighted by Crippen LogP contribution is -2.23. The topological polar surface area (TPSA) is 20.2 Å². The molecule has 0 radical (unpaired) electrons. The van der Waals surface area contributed by atoms with Crippen molar-refractivity contribution in [3.05, 3.63) is 23.3 Å². The molecular formula is C17H30O. The van der Waals surface area contributed by atoms with Gasteiger partial charge in [-0.1, -0.05) is 44.9 Å². The second-order valence-corrected chi connectivity index (χ2v) is 6.90. The Balaban J connectivity index is 2.84. The van der Waals surface area contributed by atoms with Crippen molar-refractivity contribution in [2.24, 2.45) is 17.3 Å². The molecule has 1 aliphatic carbocycles. The summed E-state index contributed by atoms with van der Waals surface area (Å²) in [6, 6.07) is 0. The maximum atomic E-state index is 9.77. The van der Waals surface area contributed by atoms with Crippen molar-refractivity contribution < 1.29 is 5.11 Å². The lowest BCUT2D eigenvalue weighted by Gasteiger charge is -2.24. The van der Waals surface area contributed by atoms with Gasteiger partial charge in [0.15, 0.2) is 0 Å². The molecule has 1 N–H and O–H groups in total. The summed E-state index contributed by atoms with van der Waals surface area (Å²) in [4.78, 5) is 0. The third-order valence-electron chi connectivity index (χ3n) is 4.48. The Hall–Kier alpha value is -0.560. The highest BCUT2D eigenvalue weighted by molar-refractivity contribution is 5.28. The Morgan fingerprint density at radius 3 is 2.28 bits per heavy atom. The van der Waals surface area contributed by atoms with Crippen LogP contribution in [0.5, 0.6) is 0 Å². The Morgan fingerprint density at radius 1 is 1.28 bits per heavy atom. The second kappa shape index (κ2) is 6.06. The summed E-state index contributed by atoms with van der Waals surface area (Å²) in [5.41, 5.74) is 2.77. The van der Waals surface area contributed by atoms with Gasteiger partial charge in [0.05, 0.1) is 6.10 Å². The van der Waals surface area contributed by atoms with Crippen LogP contribution in [-0.4, -0.2) is 11.2 Å². The average Bonchev–Trinajstić information content (AvgIpc) is 2.64. The highest BCUT2D eigenvalue weighted by Crippen LogP contribution is 2.37. The molecule has 0 bridgehead atoms. The summed E-state index contributed by atoms with van der Waals surface area (Å²) >= 11 is 0. The van der Waals surface area contributed by atoms with Gasteiger partial charge < -0.3 is 5.11 Å². The fourth-order valence-electron chi connectivity index (χ4n) is 2.64. The lowest BCUT2D eigenvalue weighted by molar-refractivity contribution is 0.0996. The van der Waals surface area contributed by atoms with Crippen LogP contribution in [-0.2, 0) is 0 Å². The smallest absolute Gasteiger partial charge is 0.0597 e. The van der Waals surface area contributed by atoms with E-state index in [1.807, 2.05) is 6.92 Å². The zero-order valence-corrected chi connectivity index (χ0v) is 13.0. The molecule has 0 spiro atoms. The van der Waals surface area contributed by atoms with Crippen molar-refractivity contribution in [2.75, 3.05) is 0 Å². The van der Waals surface area contributed by atoms with E-state index in [0.717, 1.165) is 11.8 Å². The molecule has 0 aromatic carbocycles. The highest BCUT2D eigenvalue weighted by Gasteiger charge is 2.25. The van der Waals surface area contributed by atoms with Gasteiger partial charge >= 0.3 is 0 Å². The third-order valence-corrected chi connectivity index (χ3v) is 4.48. The van der Waals surface area contributed by atoms with Gasteiger partial charge in [-0.15, -0.1) is 0 Å². The fraction of sp³-hybridized carbons (Fsp3) is 0.765. The largest absolute Gasteiger partial charge is 0.393 e. The first-order valence-corrected chi connectivity index (χ1v) is 7.28. The second-order valence-electron chi connectivity index (χ2n) is 6.90. The molecule has 18 heavy (non-hydrogen) atoms. The summed E-state index contributed by atoms with van der Waals surface area (Å²) in [7, 11) is 0. The molecule has 1 rings (SSSR count). The first kappa shape index (κ1) is 15.5. The third kappa shape index (κ3) is 3.98. The SMILES string of the molecule is CC(C)=C(C=CC(C)(C)C(C)O)C1CCC(C)C1. The first-order chi connectivity index (χ1) is 8.24. The molecule has 0 aromatic heterocycles. The Labute approximate surface area is 113 Å². The molecule has 0 heterocycles. The van der Waals surface area contributed by atoms with Crippen LogP contribution < -0.4 is 0 Å². The molecule has 104 valence electrons. The molecular weight excluding hydrogens is 220 g/mol. The minimum atomic E-state index is -0.310. The van der Waals surface area contributed by atoms with Crippen LogP contribution in [0, 0.1) is 17.3 Å². The van der Waals surface area contributed by atoms with E-state index in [0.29, 0.717) is 0 Å².